The van der Waals surface area contributed by atoms with Crippen molar-refractivity contribution < 1.29 is 32.4 Å². The van der Waals surface area contributed by atoms with E-state index in [0.717, 1.165) is 24.1 Å². The van der Waals surface area contributed by atoms with Gasteiger partial charge in [-0.15, -0.1) is 29.8 Å². The Labute approximate surface area is 290 Å². The summed E-state index contributed by atoms with van der Waals surface area (Å²) < 4.78 is 11.1. The molecule has 0 N–H and O–H groups in total. The molecule has 0 saturated heterocycles. The fourth-order valence-electron chi connectivity index (χ4n) is 5.11. The van der Waals surface area contributed by atoms with Crippen molar-refractivity contribution in [2.45, 2.75) is 136 Å². The van der Waals surface area contributed by atoms with Gasteiger partial charge in [-0.05, 0) is 61.3 Å². The Morgan fingerprint density at radius 2 is 1.40 bits per heavy atom. The maximum atomic E-state index is 12.0. The van der Waals surface area contributed by atoms with E-state index in [0.29, 0.717) is 30.6 Å². The van der Waals surface area contributed by atoms with E-state index in [4.69, 9.17) is 14.5 Å². The minimum atomic E-state index is -0.137. The van der Waals surface area contributed by atoms with Crippen LogP contribution in [-0.4, -0.2) is 25.4 Å². The van der Waals surface area contributed by atoms with Gasteiger partial charge in [-0.3, -0.25) is 4.79 Å². The van der Waals surface area contributed by atoms with Crippen molar-refractivity contribution in [2.75, 3.05) is 13.2 Å². The normalized spacial score (nSPS) is 11.4. The van der Waals surface area contributed by atoms with Crippen LogP contribution in [0.2, 0.25) is 0 Å². The molecule has 6 heteroatoms. The van der Waals surface area contributed by atoms with Crippen LogP contribution < -0.4 is 4.74 Å². The van der Waals surface area contributed by atoms with Crippen LogP contribution in [0.25, 0.3) is 0 Å². The van der Waals surface area contributed by atoms with Crippen molar-refractivity contribution in [3.63, 3.8) is 0 Å². The van der Waals surface area contributed by atoms with Gasteiger partial charge in [-0.25, -0.2) is 0 Å². The number of esters is 1. The number of benzene rings is 2. The summed E-state index contributed by atoms with van der Waals surface area (Å²) in [5.74, 6) is 1.38. The van der Waals surface area contributed by atoms with Crippen molar-refractivity contribution in [1.82, 2.24) is 0 Å². The first kappa shape index (κ1) is 41.1. The molecule has 0 heterocycles. The van der Waals surface area contributed by atoms with E-state index in [1.807, 2.05) is 24.4 Å². The van der Waals surface area contributed by atoms with Gasteiger partial charge in [0.2, 0.25) is 0 Å². The van der Waals surface area contributed by atoms with E-state index < -0.39 is 0 Å². The third-order valence-electron chi connectivity index (χ3n) is 7.74. The van der Waals surface area contributed by atoms with E-state index >= 15 is 0 Å². The molecule has 4 nitrogen and oxygen atoms in total. The zero-order chi connectivity index (χ0) is 33.1. The molecule has 0 radical (unpaired) electrons. The number of allylic oxidation sites excluding steroid dienone is 2. The Hall–Kier alpha value is -1.93. The monoisotopic (exact) mass is 729 g/mol. The molecule has 2 aromatic rings. The minimum absolute atomic E-state index is 0.137. The summed E-state index contributed by atoms with van der Waals surface area (Å²) in [5, 5.41) is 0. The zero-order valence-corrected chi connectivity index (χ0v) is 30.8. The van der Waals surface area contributed by atoms with Crippen molar-refractivity contribution in [2.24, 2.45) is 4.99 Å². The Morgan fingerprint density at radius 1 is 0.822 bits per heavy atom. The van der Waals surface area contributed by atoms with Crippen LogP contribution in [0.15, 0.2) is 53.5 Å². The second-order valence-electron chi connectivity index (χ2n) is 12.2. The topological polar surface area (TPSA) is 47.9 Å². The predicted molar refractivity (Wildman–Crippen MR) is 189 cm³/mol. The summed E-state index contributed by atoms with van der Waals surface area (Å²) in [6, 6.07) is 15.4. The van der Waals surface area contributed by atoms with Gasteiger partial charge in [0.25, 0.3) is 0 Å². The van der Waals surface area contributed by atoms with E-state index in [2.05, 4.69) is 98.7 Å². The Balaban J connectivity index is 0.00000496. The van der Waals surface area contributed by atoms with Gasteiger partial charge in [0.15, 0.2) is 0 Å². The molecule has 0 aliphatic heterocycles. The first-order valence-electron chi connectivity index (χ1n) is 17.2. The number of hydrogen-bond donors (Lipinski definition) is 0. The summed E-state index contributed by atoms with van der Waals surface area (Å²) in [5.41, 5.74) is 4.47. The molecule has 0 aliphatic rings. The van der Waals surface area contributed by atoms with Crippen LogP contribution in [-0.2, 0) is 27.7 Å². The van der Waals surface area contributed by atoms with Crippen molar-refractivity contribution in [1.29, 1.82) is 0 Å². The number of carbonyl (C=O) groups is 1. The van der Waals surface area contributed by atoms with E-state index in [1.165, 1.54) is 81.8 Å². The molecule has 0 fully saturated rings. The molecule has 0 spiro atoms. The van der Waals surface area contributed by atoms with Crippen LogP contribution in [0.3, 0.4) is 0 Å². The summed E-state index contributed by atoms with van der Waals surface area (Å²) in [7, 11) is 4.49. The standard InChI is InChI=1S/C39H58NO3.ClH.Pd/c1-6-7-8-9-10-11-12-13-14-15-16-17-18-19-20-24-38(41)43-30-29-42-35-27-25-34(26-28-35)31-40-39-36(32(2)3)22-21-23-37(39)33(4)5;;/h13-14,21-23,25,27-28,31-33H,6-12,15-20,24,29-30H2,1-5H3;1H;/q-1;;+2/p-1/b14-13+,40-31?;;. The Morgan fingerprint density at radius 3 is 1.96 bits per heavy atom. The molecule has 0 saturated carbocycles. The second-order valence-corrected chi connectivity index (χ2v) is 12.2. The van der Waals surface area contributed by atoms with Crippen LogP contribution in [0, 0.1) is 6.07 Å². The molecule has 0 amide bonds. The fourth-order valence-corrected chi connectivity index (χ4v) is 5.11. The van der Waals surface area contributed by atoms with Crippen molar-refractivity contribution in [3.05, 3.63) is 71.3 Å². The van der Waals surface area contributed by atoms with Crippen molar-refractivity contribution in [3.8, 4) is 5.75 Å². The van der Waals surface area contributed by atoms with E-state index in [1.54, 1.807) is 0 Å². The SMILES string of the molecule is CCCCCCCC/C=C/CCCCCCCC(=O)OCCOc1c[c-]c(C=Nc2c(C(C)C)cccc2C(C)C)cc1.[Cl][Pd+]. The number of unbranched alkanes of at least 4 members (excludes halogenated alkanes) is 11. The number of ether oxygens (including phenoxy) is 2. The quantitative estimate of drug-likeness (QED) is 0.0286. The number of aliphatic imine (C=N–C) groups is 1. The molecule has 0 aliphatic carbocycles. The van der Waals surface area contributed by atoms with Gasteiger partial charge < -0.3 is 14.5 Å². The number of carbonyl (C=O) groups excluding carboxylic acids is 1. The van der Waals surface area contributed by atoms with Crippen LogP contribution in [0.5, 0.6) is 5.75 Å². The van der Waals surface area contributed by atoms with Gasteiger partial charge in [0.05, 0.1) is 5.69 Å². The van der Waals surface area contributed by atoms with E-state index in [9.17, 15) is 4.79 Å². The number of hydrogen-bond acceptors (Lipinski definition) is 4. The molecule has 2 aromatic carbocycles. The third-order valence-corrected chi connectivity index (χ3v) is 7.74. The molecule has 0 unspecified atom stereocenters. The summed E-state index contributed by atoms with van der Waals surface area (Å²) >= 11 is 2.22. The summed E-state index contributed by atoms with van der Waals surface area (Å²) in [6.07, 6.45) is 23.3. The average Bonchev–Trinajstić information content (AvgIpc) is 3.05. The van der Waals surface area contributed by atoms with Gasteiger partial charge in [-0.1, -0.05) is 116 Å². The first-order chi connectivity index (χ1) is 21.9. The van der Waals surface area contributed by atoms with Crippen molar-refractivity contribution >= 4 is 27.4 Å². The van der Waals surface area contributed by atoms with Crippen LogP contribution >= 0.6 is 9.53 Å². The summed E-state index contributed by atoms with van der Waals surface area (Å²) in [6.45, 7) is 11.7. The Kier molecular flexibility index (Phi) is 24.8. The molecule has 45 heavy (non-hydrogen) atoms. The molecular formula is C39H58ClNO3Pd. The molecule has 0 aromatic heterocycles. The predicted octanol–water partition coefficient (Wildman–Crippen LogP) is 12.1. The van der Waals surface area contributed by atoms with Crippen LogP contribution in [0.1, 0.15) is 153 Å². The Bertz CT molecular complexity index is 1060. The number of rotatable bonds is 23. The third kappa shape index (κ3) is 19.4. The second kappa shape index (κ2) is 27.2. The molecule has 0 atom stereocenters. The van der Waals surface area contributed by atoms with E-state index in [-0.39, 0.29) is 12.6 Å². The number of nitrogens with zero attached hydrogens (tertiary/aromatic N) is 1. The molecular weight excluding hydrogens is 672 g/mol. The number of para-hydroxylation sites is 1. The first-order valence-corrected chi connectivity index (χ1v) is 19.2. The molecule has 2 rings (SSSR count). The maximum absolute atomic E-state index is 12.0. The zero-order valence-electron chi connectivity index (χ0n) is 28.5. The summed E-state index contributed by atoms with van der Waals surface area (Å²) in [4.78, 5) is 16.9. The molecule has 0 bridgehead atoms. The fraction of sp³-hybridized carbons (Fsp3) is 0.590. The number of halogens is 1. The molecule has 254 valence electrons. The van der Waals surface area contributed by atoms with Gasteiger partial charge in [0, 0.05) is 12.2 Å². The van der Waals surface area contributed by atoms with Gasteiger partial charge >= 0.3 is 33.7 Å². The van der Waals surface area contributed by atoms with Crippen LogP contribution in [0.4, 0.5) is 5.69 Å². The van der Waals surface area contributed by atoms with Gasteiger partial charge in [0.1, 0.15) is 13.2 Å². The van der Waals surface area contributed by atoms with Gasteiger partial charge in [-0.2, -0.15) is 0 Å². The average molecular weight is 731 g/mol.